The van der Waals surface area contributed by atoms with Gasteiger partial charge < -0.3 is 20.5 Å². The molecule has 6 heteroatoms. The summed E-state index contributed by atoms with van der Waals surface area (Å²) < 4.78 is 11.3. The van der Waals surface area contributed by atoms with E-state index in [0.29, 0.717) is 18.7 Å². The molecule has 1 amide bonds. The first-order valence-corrected chi connectivity index (χ1v) is 8.18. The van der Waals surface area contributed by atoms with Crippen LogP contribution in [-0.2, 0) is 16.0 Å². The van der Waals surface area contributed by atoms with E-state index in [4.69, 9.17) is 15.2 Å². The van der Waals surface area contributed by atoms with Crippen molar-refractivity contribution in [3.63, 3.8) is 0 Å². The molecule has 1 saturated heterocycles. The maximum Gasteiger partial charge on any atom is 0.228 e. The van der Waals surface area contributed by atoms with Crippen LogP contribution in [0.1, 0.15) is 18.4 Å². The molecule has 1 fully saturated rings. The Hall–Kier alpha value is -2.24. The summed E-state index contributed by atoms with van der Waals surface area (Å²) in [6.07, 6.45) is 2.61. The molecule has 0 aliphatic carbocycles. The normalized spacial score (nSPS) is 16.1. The molecule has 1 aliphatic heterocycles. The van der Waals surface area contributed by atoms with Crippen molar-refractivity contribution in [2.24, 2.45) is 0 Å². The molecule has 1 unspecified atom stereocenters. The minimum atomic E-state index is -0.0731. The molecule has 1 aliphatic rings. The van der Waals surface area contributed by atoms with Crippen molar-refractivity contribution in [3.8, 4) is 5.75 Å². The number of halogens is 1. The fraction of sp³-hybridized carbons (Fsp3) is 0.316. The number of hydrogen-bond donors (Lipinski definition) is 2. The van der Waals surface area contributed by atoms with Gasteiger partial charge in [-0.15, -0.1) is 12.4 Å². The van der Waals surface area contributed by atoms with E-state index in [1.54, 1.807) is 12.1 Å². The van der Waals surface area contributed by atoms with Crippen LogP contribution in [0.15, 0.2) is 48.5 Å². The molecular formula is C19H23ClN2O3. The summed E-state index contributed by atoms with van der Waals surface area (Å²) in [5.74, 6) is 0.659. The monoisotopic (exact) mass is 362 g/mol. The van der Waals surface area contributed by atoms with Crippen LogP contribution in [0, 0.1) is 0 Å². The molecule has 0 spiro atoms. The third-order valence-electron chi connectivity index (χ3n) is 3.92. The summed E-state index contributed by atoms with van der Waals surface area (Å²) in [4.78, 5) is 12.1. The van der Waals surface area contributed by atoms with Crippen LogP contribution >= 0.6 is 12.4 Å². The summed E-state index contributed by atoms with van der Waals surface area (Å²) in [5, 5.41) is 2.89. The third-order valence-corrected chi connectivity index (χ3v) is 3.92. The van der Waals surface area contributed by atoms with Crippen molar-refractivity contribution < 1.29 is 14.3 Å². The number of anilines is 2. The average Bonchev–Trinajstić information content (AvgIpc) is 3.09. The molecule has 3 rings (SSSR count). The minimum Gasteiger partial charge on any atom is -0.491 e. The molecule has 1 heterocycles. The highest BCUT2D eigenvalue weighted by Crippen LogP contribution is 2.20. The van der Waals surface area contributed by atoms with Crippen molar-refractivity contribution in [1.29, 1.82) is 0 Å². The van der Waals surface area contributed by atoms with Gasteiger partial charge in [0.2, 0.25) is 5.91 Å². The Kier molecular flexibility index (Phi) is 7.10. The van der Waals surface area contributed by atoms with Gasteiger partial charge in [0.15, 0.2) is 0 Å². The fourth-order valence-electron chi connectivity index (χ4n) is 2.65. The van der Waals surface area contributed by atoms with E-state index in [1.807, 2.05) is 36.4 Å². The zero-order valence-corrected chi connectivity index (χ0v) is 14.8. The molecule has 0 saturated carbocycles. The zero-order chi connectivity index (χ0) is 16.8. The number of carbonyl (C=O) groups is 1. The van der Waals surface area contributed by atoms with Crippen molar-refractivity contribution in [1.82, 2.24) is 0 Å². The van der Waals surface area contributed by atoms with Gasteiger partial charge in [-0.25, -0.2) is 0 Å². The van der Waals surface area contributed by atoms with Gasteiger partial charge in [0, 0.05) is 24.0 Å². The Morgan fingerprint density at radius 3 is 2.76 bits per heavy atom. The van der Waals surface area contributed by atoms with Gasteiger partial charge in [-0.05, 0) is 42.7 Å². The highest BCUT2D eigenvalue weighted by molar-refractivity contribution is 5.92. The molecule has 3 N–H and O–H groups in total. The summed E-state index contributed by atoms with van der Waals surface area (Å²) in [7, 11) is 0. The van der Waals surface area contributed by atoms with Crippen LogP contribution < -0.4 is 15.8 Å². The molecule has 134 valence electrons. The largest absolute Gasteiger partial charge is 0.491 e. The Morgan fingerprint density at radius 1 is 1.24 bits per heavy atom. The van der Waals surface area contributed by atoms with Crippen LogP contribution in [0.3, 0.4) is 0 Å². The number of nitrogen functional groups attached to an aromatic ring is 1. The molecule has 2 aromatic carbocycles. The molecule has 2 aromatic rings. The summed E-state index contributed by atoms with van der Waals surface area (Å²) in [5.41, 5.74) is 7.98. The van der Waals surface area contributed by atoms with Crippen LogP contribution in [0.2, 0.25) is 0 Å². The van der Waals surface area contributed by atoms with Gasteiger partial charge in [0.05, 0.1) is 12.5 Å². The first-order valence-electron chi connectivity index (χ1n) is 8.18. The predicted molar refractivity (Wildman–Crippen MR) is 101 cm³/mol. The lowest BCUT2D eigenvalue weighted by molar-refractivity contribution is -0.115. The van der Waals surface area contributed by atoms with E-state index in [-0.39, 0.29) is 24.4 Å². The van der Waals surface area contributed by atoms with Crippen LogP contribution in [0.4, 0.5) is 11.4 Å². The first-order chi connectivity index (χ1) is 11.7. The van der Waals surface area contributed by atoms with Gasteiger partial charge in [0.1, 0.15) is 12.4 Å². The molecule has 1 atom stereocenters. The summed E-state index contributed by atoms with van der Waals surface area (Å²) in [6.45, 7) is 1.36. The minimum absolute atomic E-state index is 0. The van der Waals surface area contributed by atoms with Crippen LogP contribution in [0.25, 0.3) is 0 Å². The predicted octanol–water partition coefficient (Wildman–Crippen LogP) is 3.43. The number of carbonyl (C=O) groups excluding carboxylic acids is 1. The quantitative estimate of drug-likeness (QED) is 0.772. The Balaban J connectivity index is 0.00000225. The molecule has 0 aromatic heterocycles. The number of hydrogen-bond acceptors (Lipinski definition) is 4. The molecule has 0 radical (unpaired) electrons. The highest BCUT2D eigenvalue weighted by atomic mass is 35.5. The first kappa shape index (κ1) is 19.1. The maximum atomic E-state index is 12.1. The standard InChI is InChI=1S/C19H22N2O3.ClH/c20-15-8-6-14(7-9-15)11-19(22)21-16-3-1-4-17(12-16)24-13-18-5-2-10-23-18;/h1,3-4,6-9,12,18H,2,5,10-11,13,20H2,(H,21,22);1H. The second kappa shape index (κ2) is 9.30. The lowest BCUT2D eigenvalue weighted by atomic mass is 10.1. The molecule has 0 bridgehead atoms. The van der Waals surface area contributed by atoms with E-state index in [1.165, 1.54) is 0 Å². The summed E-state index contributed by atoms with van der Waals surface area (Å²) >= 11 is 0. The smallest absolute Gasteiger partial charge is 0.228 e. The van der Waals surface area contributed by atoms with Crippen LogP contribution in [-0.4, -0.2) is 25.2 Å². The SMILES string of the molecule is Cl.Nc1ccc(CC(=O)Nc2cccc(OCC3CCCO3)c2)cc1. The second-order valence-corrected chi connectivity index (χ2v) is 5.94. The highest BCUT2D eigenvalue weighted by Gasteiger charge is 2.16. The van der Waals surface area contributed by atoms with Crippen molar-refractivity contribution in [3.05, 3.63) is 54.1 Å². The number of nitrogens with one attached hydrogen (secondary N) is 1. The molecule has 25 heavy (non-hydrogen) atoms. The number of rotatable bonds is 6. The van der Waals surface area contributed by atoms with E-state index in [2.05, 4.69) is 5.32 Å². The Morgan fingerprint density at radius 2 is 2.04 bits per heavy atom. The van der Waals surface area contributed by atoms with Gasteiger partial charge in [-0.2, -0.15) is 0 Å². The van der Waals surface area contributed by atoms with Crippen molar-refractivity contribution in [2.45, 2.75) is 25.4 Å². The topological polar surface area (TPSA) is 73.6 Å². The van der Waals surface area contributed by atoms with Gasteiger partial charge >= 0.3 is 0 Å². The zero-order valence-electron chi connectivity index (χ0n) is 13.9. The number of ether oxygens (including phenoxy) is 2. The second-order valence-electron chi connectivity index (χ2n) is 5.94. The van der Waals surface area contributed by atoms with Crippen LogP contribution in [0.5, 0.6) is 5.75 Å². The Labute approximate surface area is 153 Å². The van der Waals surface area contributed by atoms with E-state index < -0.39 is 0 Å². The van der Waals surface area contributed by atoms with Gasteiger partial charge in [-0.1, -0.05) is 18.2 Å². The van der Waals surface area contributed by atoms with Gasteiger partial charge in [0.25, 0.3) is 0 Å². The van der Waals surface area contributed by atoms with E-state index in [0.717, 1.165) is 36.4 Å². The number of amides is 1. The van der Waals surface area contributed by atoms with Crippen molar-refractivity contribution in [2.75, 3.05) is 24.3 Å². The average molecular weight is 363 g/mol. The molecular weight excluding hydrogens is 340 g/mol. The van der Waals surface area contributed by atoms with Gasteiger partial charge in [-0.3, -0.25) is 4.79 Å². The molecule has 5 nitrogen and oxygen atoms in total. The van der Waals surface area contributed by atoms with E-state index in [9.17, 15) is 4.79 Å². The maximum absolute atomic E-state index is 12.1. The third kappa shape index (κ3) is 5.96. The lowest BCUT2D eigenvalue weighted by Gasteiger charge is -2.12. The summed E-state index contributed by atoms with van der Waals surface area (Å²) in [6, 6.07) is 14.7. The van der Waals surface area contributed by atoms with E-state index >= 15 is 0 Å². The number of nitrogens with two attached hydrogens (primary N) is 1. The lowest BCUT2D eigenvalue weighted by Crippen LogP contribution is -2.17. The fourth-order valence-corrected chi connectivity index (χ4v) is 2.65. The Bertz CT molecular complexity index is 685. The number of benzene rings is 2. The van der Waals surface area contributed by atoms with Crippen molar-refractivity contribution >= 4 is 29.7 Å².